The van der Waals surface area contributed by atoms with Gasteiger partial charge in [0.15, 0.2) is 6.61 Å². The second-order valence-electron chi connectivity index (χ2n) is 4.63. The van der Waals surface area contributed by atoms with Crippen LogP contribution >= 0.6 is 0 Å². The van der Waals surface area contributed by atoms with Gasteiger partial charge in [-0.3, -0.25) is 0 Å². The van der Waals surface area contributed by atoms with Gasteiger partial charge in [-0.2, -0.15) is 0 Å². The first-order chi connectivity index (χ1) is 10.7. The molecule has 0 amide bonds. The van der Waals surface area contributed by atoms with Gasteiger partial charge in [0.25, 0.3) is 0 Å². The molecule has 0 aromatic heterocycles. The van der Waals surface area contributed by atoms with Gasteiger partial charge in [-0.1, -0.05) is 42.5 Å². The molecule has 0 unspecified atom stereocenters. The van der Waals surface area contributed by atoms with Gasteiger partial charge in [0.2, 0.25) is 0 Å². The minimum Gasteiger partial charge on any atom is -0.482 e. The number of rotatable bonds is 11. The molecule has 0 heterocycles. The van der Waals surface area contributed by atoms with Gasteiger partial charge >= 0.3 is 5.97 Å². The number of carbonyl (C=O) groups is 1. The van der Waals surface area contributed by atoms with Crippen molar-refractivity contribution in [1.29, 1.82) is 0 Å². The van der Waals surface area contributed by atoms with Crippen LogP contribution in [0.5, 0.6) is 0 Å². The Labute approximate surface area is 134 Å². The van der Waals surface area contributed by atoms with E-state index in [-0.39, 0.29) is 12.6 Å². The van der Waals surface area contributed by atoms with Crippen molar-refractivity contribution >= 4 is 5.97 Å². The molecular formula is C19H28O3. The van der Waals surface area contributed by atoms with Crippen LogP contribution in [0.2, 0.25) is 0 Å². The predicted molar refractivity (Wildman–Crippen MR) is 92.4 cm³/mol. The zero-order valence-electron chi connectivity index (χ0n) is 14.0. The van der Waals surface area contributed by atoms with Crippen molar-refractivity contribution in [2.45, 2.75) is 40.0 Å². The summed E-state index contributed by atoms with van der Waals surface area (Å²) in [4.78, 5) is 11.6. The molecule has 0 saturated heterocycles. The molecule has 0 spiro atoms. The Morgan fingerprint density at radius 2 is 1.77 bits per heavy atom. The maximum Gasteiger partial charge on any atom is 0.344 e. The molecule has 0 rings (SSSR count). The molecule has 0 aromatic carbocycles. The second-order valence-corrected chi connectivity index (χ2v) is 4.63. The average Bonchev–Trinajstić information content (AvgIpc) is 2.51. The second kappa shape index (κ2) is 13.9. The summed E-state index contributed by atoms with van der Waals surface area (Å²) >= 11 is 0. The highest BCUT2D eigenvalue weighted by Gasteiger charge is 2.04. The first kappa shape index (κ1) is 20.0. The van der Waals surface area contributed by atoms with Crippen LogP contribution < -0.4 is 0 Å². The van der Waals surface area contributed by atoms with Crippen LogP contribution in [-0.2, 0) is 14.3 Å². The monoisotopic (exact) mass is 304 g/mol. The summed E-state index contributed by atoms with van der Waals surface area (Å²) in [6.45, 7) is 9.87. The van der Waals surface area contributed by atoms with E-state index in [1.54, 1.807) is 18.2 Å². The van der Waals surface area contributed by atoms with Crippen LogP contribution in [0.4, 0.5) is 0 Å². The molecule has 0 aromatic rings. The lowest BCUT2D eigenvalue weighted by molar-refractivity contribution is -0.147. The lowest BCUT2D eigenvalue weighted by Crippen LogP contribution is -2.13. The first-order valence-electron chi connectivity index (χ1n) is 7.69. The van der Waals surface area contributed by atoms with E-state index in [9.17, 15) is 4.79 Å². The lowest BCUT2D eigenvalue weighted by Gasteiger charge is -2.07. The molecule has 3 heteroatoms. The minimum absolute atomic E-state index is 0.0807. The number of hydrogen-bond donors (Lipinski definition) is 0. The van der Waals surface area contributed by atoms with Gasteiger partial charge in [0.05, 0.1) is 6.61 Å². The Bertz CT molecular complexity index is 440. The fraction of sp³-hybridized carbons (Fsp3) is 0.421. The maximum absolute atomic E-state index is 11.6. The SMILES string of the molecule is C=C/C=C(\C=C/C)OCC(=O)OCCCCC(/C=C\C)=C/C. The zero-order chi connectivity index (χ0) is 16.6. The van der Waals surface area contributed by atoms with E-state index in [1.165, 1.54) is 5.57 Å². The van der Waals surface area contributed by atoms with Crippen molar-refractivity contribution in [3.05, 3.63) is 60.4 Å². The average molecular weight is 304 g/mol. The molecule has 0 saturated carbocycles. The summed E-state index contributed by atoms with van der Waals surface area (Å²) in [5.74, 6) is 0.248. The number of carbonyl (C=O) groups excluding carboxylic acids is 1. The van der Waals surface area contributed by atoms with Crippen molar-refractivity contribution in [3.8, 4) is 0 Å². The fourth-order valence-corrected chi connectivity index (χ4v) is 1.77. The largest absolute Gasteiger partial charge is 0.482 e. The van der Waals surface area contributed by atoms with E-state index >= 15 is 0 Å². The lowest BCUT2D eigenvalue weighted by atomic mass is 10.1. The zero-order valence-corrected chi connectivity index (χ0v) is 14.0. The summed E-state index contributed by atoms with van der Waals surface area (Å²) in [7, 11) is 0. The van der Waals surface area contributed by atoms with Gasteiger partial charge in [-0.25, -0.2) is 4.79 Å². The van der Waals surface area contributed by atoms with Crippen molar-refractivity contribution in [2.24, 2.45) is 0 Å². The minimum atomic E-state index is -0.348. The van der Waals surface area contributed by atoms with E-state index in [2.05, 4.69) is 18.7 Å². The molecule has 122 valence electrons. The molecule has 22 heavy (non-hydrogen) atoms. The third-order valence-corrected chi connectivity index (χ3v) is 2.84. The van der Waals surface area contributed by atoms with Crippen LogP contribution in [-0.4, -0.2) is 19.2 Å². The van der Waals surface area contributed by atoms with E-state index in [0.717, 1.165) is 19.3 Å². The molecule has 3 nitrogen and oxygen atoms in total. The van der Waals surface area contributed by atoms with Gasteiger partial charge in [0, 0.05) is 0 Å². The highest BCUT2D eigenvalue weighted by atomic mass is 16.6. The summed E-state index contributed by atoms with van der Waals surface area (Å²) in [5.41, 5.74) is 1.31. The number of esters is 1. The van der Waals surface area contributed by atoms with Crippen LogP contribution in [0, 0.1) is 0 Å². The Morgan fingerprint density at radius 3 is 2.36 bits per heavy atom. The van der Waals surface area contributed by atoms with Crippen LogP contribution in [0.25, 0.3) is 0 Å². The number of hydrogen-bond acceptors (Lipinski definition) is 3. The maximum atomic E-state index is 11.6. The summed E-state index contributed by atoms with van der Waals surface area (Å²) < 4.78 is 10.5. The molecule has 0 aliphatic carbocycles. The molecule has 0 bridgehead atoms. The summed E-state index contributed by atoms with van der Waals surface area (Å²) in [5, 5.41) is 0. The topological polar surface area (TPSA) is 35.5 Å². The highest BCUT2D eigenvalue weighted by Crippen LogP contribution is 2.09. The van der Waals surface area contributed by atoms with Crippen molar-refractivity contribution in [3.63, 3.8) is 0 Å². The predicted octanol–water partition coefficient (Wildman–Crippen LogP) is 4.88. The normalized spacial score (nSPS) is 12.9. The molecule has 0 radical (unpaired) electrons. The Hall–Kier alpha value is -2.03. The standard InChI is InChI=1S/C19H28O3/c1-5-11-17(8-4)14-9-10-15-21-19(20)16-22-18(12-6-2)13-7-3/h5-8,11-13H,2,9-10,14-16H2,1,3-4H3/b11-5-,13-7-,17-8+,18-12+. The third kappa shape index (κ3) is 10.7. The van der Waals surface area contributed by atoms with Crippen molar-refractivity contribution in [2.75, 3.05) is 13.2 Å². The molecule has 0 atom stereocenters. The van der Waals surface area contributed by atoms with Gasteiger partial charge in [0.1, 0.15) is 5.76 Å². The van der Waals surface area contributed by atoms with E-state index in [4.69, 9.17) is 9.47 Å². The van der Waals surface area contributed by atoms with E-state index < -0.39 is 0 Å². The van der Waals surface area contributed by atoms with Crippen molar-refractivity contribution < 1.29 is 14.3 Å². The van der Waals surface area contributed by atoms with Gasteiger partial charge in [-0.15, -0.1) is 0 Å². The quantitative estimate of drug-likeness (QED) is 0.236. The smallest absolute Gasteiger partial charge is 0.344 e. The van der Waals surface area contributed by atoms with Crippen molar-refractivity contribution in [1.82, 2.24) is 0 Å². The molecule has 0 fully saturated rings. The molecule has 0 N–H and O–H groups in total. The Kier molecular flexibility index (Phi) is 12.6. The molecule has 0 aliphatic rings. The van der Waals surface area contributed by atoms with Crippen LogP contribution in [0.3, 0.4) is 0 Å². The van der Waals surface area contributed by atoms with E-state index in [1.807, 2.05) is 32.9 Å². The number of allylic oxidation sites excluding steroid dienone is 8. The van der Waals surface area contributed by atoms with Crippen LogP contribution in [0.1, 0.15) is 40.0 Å². The molecular weight excluding hydrogens is 276 g/mol. The number of unbranched alkanes of at least 4 members (excludes halogenated alkanes) is 1. The highest BCUT2D eigenvalue weighted by molar-refractivity contribution is 5.70. The first-order valence-corrected chi connectivity index (χ1v) is 7.69. The van der Waals surface area contributed by atoms with Gasteiger partial charge < -0.3 is 9.47 Å². The summed E-state index contributed by atoms with van der Waals surface area (Å²) in [6, 6.07) is 0. The van der Waals surface area contributed by atoms with Gasteiger partial charge in [-0.05, 0) is 52.2 Å². The molecule has 0 aliphatic heterocycles. The fourth-order valence-electron chi connectivity index (χ4n) is 1.77. The Morgan fingerprint density at radius 1 is 1.05 bits per heavy atom. The summed E-state index contributed by atoms with van der Waals surface area (Å²) in [6.07, 6.45) is 16.0. The number of ether oxygens (including phenoxy) is 2. The third-order valence-electron chi connectivity index (χ3n) is 2.84. The Balaban J connectivity index is 3.87. The van der Waals surface area contributed by atoms with Crippen LogP contribution in [0.15, 0.2) is 60.4 Å². The van der Waals surface area contributed by atoms with E-state index in [0.29, 0.717) is 12.4 Å².